The maximum absolute atomic E-state index is 10.7. The Morgan fingerprint density at radius 1 is 1.62 bits per heavy atom. The van der Waals surface area contributed by atoms with Gasteiger partial charge >= 0.3 is 0 Å². The lowest BCUT2D eigenvalue weighted by Gasteiger charge is -2.19. The van der Waals surface area contributed by atoms with Crippen LogP contribution in [-0.4, -0.2) is 21.7 Å². The molecule has 16 heavy (non-hydrogen) atoms. The average Bonchev–Trinajstić information content (AvgIpc) is 2.63. The van der Waals surface area contributed by atoms with Crippen molar-refractivity contribution in [1.29, 1.82) is 0 Å². The summed E-state index contributed by atoms with van der Waals surface area (Å²) in [6, 6.07) is 0.385. The molecule has 2 atom stereocenters. The third-order valence-electron chi connectivity index (χ3n) is 2.84. The normalized spacial score (nSPS) is 14.4. The topological polar surface area (TPSA) is 72.9 Å². The molecule has 0 saturated carbocycles. The van der Waals surface area contributed by atoms with Crippen LogP contribution in [0.25, 0.3) is 0 Å². The van der Waals surface area contributed by atoms with Gasteiger partial charge in [-0.25, -0.2) is 0 Å². The number of nitrogens with zero attached hydrogens (tertiary/aromatic N) is 2. The zero-order valence-corrected chi connectivity index (χ0v) is 10.1. The summed E-state index contributed by atoms with van der Waals surface area (Å²) in [7, 11) is 0. The number of hydrogen-bond acceptors (Lipinski definition) is 3. The van der Waals surface area contributed by atoms with Gasteiger partial charge in [-0.05, 0) is 12.8 Å². The van der Waals surface area contributed by atoms with Crippen molar-refractivity contribution in [1.82, 2.24) is 9.78 Å². The van der Waals surface area contributed by atoms with Crippen LogP contribution in [0.4, 0.5) is 5.69 Å². The SMILES string of the molecule is CCC(C)C(C)Nc1cnn(CC(N)=O)c1. The predicted molar refractivity (Wildman–Crippen MR) is 64.0 cm³/mol. The van der Waals surface area contributed by atoms with E-state index in [4.69, 9.17) is 5.73 Å². The van der Waals surface area contributed by atoms with Crippen molar-refractivity contribution in [2.75, 3.05) is 5.32 Å². The Labute approximate surface area is 96.0 Å². The minimum Gasteiger partial charge on any atom is -0.380 e. The molecular weight excluding hydrogens is 204 g/mol. The number of hydrogen-bond donors (Lipinski definition) is 2. The van der Waals surface area contributed by atoms with Crippen molar-refractivity contribution in [3.63, 3.8) is 0 Å². The van der Waals surface area contributed by atoms with Crippen LogP contribution < -0.4 is 11.1 Å². The molecule has 5 nitrogen and oxygen atoms in total. The number of primary amides is 1. The van der Waals surface area contributed by atoms with Gasteiger partial charge in [0.2, 0.25) is 5.91 Å². The van der Waals surface area contributed by atoms with Gasteiger partial charge in [-0.2, -0.15) is 5.10 Å². The number of anilines is 1. The Kier molecular flexibility index (Phi) is 4.34. The molecule has 1 aromatic heterocycles. The first-order chi connectivity index (χ1) is 7.52. The quantitative estimate of drug-likeness (QED) is 0.763. The second-order valence-corrected chi connectivity index (χ2v) is 4.21. The van der Waals surface area contributed by atoms with Gasteiger partial charge < -0.3 is 11.1 Å². The van der Waals surface area contributed by atoms with Crippen molar-refractivity contribution < 1.29 is 4.79 Å². The molecule has 90 valence electrons. The molecule has 0 saturated heterocycles. The van der Waals surface area contributed by atoms with E-state index in [0.29, 0.717) is 12.0 Å². The number of nitrogens with one attached hydrogen (secondary N) is 1. The largest absolute Gasteiger partial charge is 0.380 e. The van der Waals surface area contributed by atoms with E-state index in [0.717, 1.165) is 12.1 Å². The molecule has 0 spiro atoms. The summed E-state index contributed by atoms with van der Waals surface area (Å²) >= 11 is 0. The summed E-state index contributed by atoms with van der Waals surface area (Å²) in [5, 5.41) is 7.40. The Hall–Kier alpha value is -1.52. The Morgan fingerprint density at radius 3 is 2.88 bits per heavy atom. The Balaban J connectivity index is 2.54. The highest BCUT2D eigenvalue weighted by Gasteiger charge is 2.10. The molecule has 1 rings (SSSR count). The van der Waals surface area contributed by atoms with Crippen LogP contribution in [0.5, 0.6) is 0 Å². The highest BCUT2D eigenvalue weighted by molar-refractivity contribution is 5.73. The molecule has 5 heteroatoms. The smallest absolute Gasteiger partial charge is 0.239 e. The minimum absolute atomic E-state index is 0.124. The highest BCUT2D eigenvalue weighted by Crippen LogP contribution is 2.13. The summed E-state index contributed by atoms with van der Waals surface area (Å²) in [6.07, 6.45) is 4.63. The van der Waals surface area contributed by atoms with E-state index >= 15 is 0 Å². The van der Waals surface area contributed by atoms with E-state index in [2.05, 4.69) is 31.2 Å². The van der Waals surface area contributed by atoms with Crippen molar-refractivity contribution in [2.45, 2.75) is 39.8 Å². The van der Waals surface area contributed by atoms with Crippen LogP contribution in [0.3, 0.4) is 0 Å². The molecule has 0 aliphatic heterocycles. The van der Waals surface area contributed by atoms with Crippen LogP contribution in [-0.2, 0) is 11.3 Å². The lowest BCUT2D eigenvalue weighted by molar-refractivity contribution is -0.118. The predicted octanol–water partition coefficient (Wildman–Crippen LogP) is 1.21. The number of rotatable bonds is 6. The first-order valence-corrected chi connectivity index (χ1v) is 5.60. The van der Waals surface area contributed by atoms with Crippen molar-refractivity contribution >= 4 is 11.6 Å². The van der Waals surface area contributed by atoms with Gasteiger partial charge in [0.05, 0.1) is 11.9 Å². The van der Waals surface area contributed by atoms with Crippen LogP contribution in [0, 0.1) is 5.92 Å². The first-order valence-electron chi connectivity index (χ1n) is 5.60. The van der Waals surface area contributed by atoms with Gasteiger partial charge in [0, 0.05) is 12.2 Å². The van der Waals surface area contributed by atoms with Crippen LogP contribution >= 0.6 is 0 Å². The lowest BCUT2D eigenvalue weighted by atomic mass is 10.0. The van der Waals surface area contributed by atoms with Crippen LogP contribution in [0.1, 0.15) is 27.2 Å². The molecule has 0 aromatic carbocycles. The Morgan fingerprint density at radius 2 is 2.31 bits per heavy atom. The van der Waals surface area contributed by atoms with Gasteiger partial charge in [-0.3, -0.25) is 9.48 Å². The molecule has 1 aromatic rings. The zero-order chi connectivity index (χ0) is 12.1. The fraction of sp³-hybridized carbons (Fsp3) is 0.636. The molecule has 0 bridgehead atoms. The fourth-order valence-electron chi connectivity index (χ4n) is 1.44. The van der Waals surface area contributed by atoms with Crippen molar-refractivity contribution in [2.24, 2.45) is 11.7 Å². The number of amides is 1. The van der Waals surface area contributed by atoms with E-state index in [1.807, 2.05) is 0 Å². The molecule has 0 fully saturated rings. The third-order valence-corrected chi connectivity index (χ3v) is 2.84. The molecule has 2 unspecified atom stereocenters. The number of aromatic nitrogens is 2. The maximum Gasteiger partial charge on any atom is 0.239 e. The molecule has 0 aliphatic rings. The molecule has 0 radical (unpaired) electrons. The molecule has 1 heterocycles. The number of nitrogens with two attached hydrogens (primary N) is 1. The fourth-order valence-corrected chi connectivity index (χ4v) is 1.44. The monoisotopic (exact) mass is 224 g/mol. The van der Waals surface area contributed by atoms with Gasteiger partial charge in [-0.1, -0.05) is 20.3 Å². The highest BCUT2D eigenvalue weighted by atomic mass is 16.1. The van der Waals surface area contributed by atoms with Crippen LogP contribution in [0.2, 0.25) is 0 Å². The molecule has 1 amide bonds. The summed E-state index contributed by atoms with van der Waals surface area (Å²) < 4.78 is 1.54. The van der Waals surface area contributed by atoms with Crippen molar-refractivity contribution in [3.8, 4) is 0 Å². The van der Waals surface area contributed by atoms with Gasteiger partial charge in [0.25, 0.3) is 0 Å². The zero-order valence-electron chi connectivity index (χ0n) is 10.1. The number of carbonyl (C=O) groups is 1. The molecule has 0 aliphatic carbocycles. The third kappa shape index (κ3) is 3.56. The van der Waals surface area contributed by atoms with E-state index in [1.165, 1.54) is 4.68 Å². The van der Waals surface area contributed by atoms with Crippen molar-refractivity contribution in [3.05, 3.63) is 12.4 Å². The van der Waals surface area contributed by atoms with E-state index in [9.17, 15) is 4.79 Å². The van der Waals surface area contributed by atoms with E-state index < -0.39 is 0 Å². The summed E-state index contributed by atoms with van der Waals surface area (Å²) in [5.74, 6) is 0.212. The standard InChI is InChI=1S/C11H20N4O/c1-4-8(2)9(3)14-10-5-13-15(6-10)7-11(12)16/h5-6,8-9,14H,4,7H2,1-3H3,(H2,12,16). The van der Waals surface area contributed by atoms with Crippen LogP contribution in [0.15, 0.2) is 12.4 Å². The second kappa shape index (κ2) is 5.53. The molecular formula is C11H20N4O. The lowest BCUT2D eigenvalue weighted by Crippen LogP contribution is -2.23. The maximum atomic E-state index is 10.7. The number of carbonyl (C=O) groups excluding carboxylic acids is 1. The van der Waals surface area contributed by atoms with E-state index in [-0.39, 0.29) is 12.5 Å². The second-order valence-electron chi connectivity index (χ2n) is 4.21. The summed E-state index contributed by atoms with van der Waals surface area (Å²) in [4.78, 5) is 10.7. The molecule has 3 N–H and O–H groups in total. The average molecular weight is 224 g/mol. The first kappa shape index (κ1) is 12.5. The summed E-state index contributed by atoms with van der Waals surface area (Å²) in [5.41, 5.74) is 6.01. The Bertz CT molecular complexity index is 348. The minimum atomic E-state index is -0.385. The van der Waals surface area contributed by atoms with E-state index in [1.54, 1.807) is 12.4 Å². The van der Waals surface area contributed by atoms with Gasteiger partial charge in [0.1, 0.15) is 6.54 Å². The summed E-state index contributed by atoms with van der Waals surface area (Å²) in [6.45, 7) is 6.63. The van der Waals surface area contributed by atoms with Gasteiger partial charge in [-0.15, -0.1) is 0 Å². The van der Waals surface area contributed by atoms with Gasteiger partial charge in [0.15, 0.2) is 0 Å².